The van der Waals surface area contributed by atoms with Gasteiger partial charge in [0, 0.05) is 5.41 Å². The summed E-state index contributed by atoms with van der Waals surface area (Å²) in [6, 6.07) is -0.326. The third-order valence-corrected chi connectivity index (χ3v) is 4.45. The van der Waals surface area contributed by atoms with Gasteiger partial charge in [-0.3, -0.25) is 4.79 Å². The van der Waals surface area contributed by atoms with Gasteiger partial charge < -0.3 is 10.3 Å². The molecule has 0 spiro atoms. The molecule has 0 amide bonds. The fraction of sp³-hybridized carbons (Fsp3) is 0.250. The van der Waals surface area contributed by atoms with Crippen molar-refractivity contribution in [3.05, 3.63) is 31.7 Å². The second-order valence-electron chi connectivity index (χ2n) is 3.30. The summed E-state index contributed by atoms with van der Waals surface area (Å²) in [4.78, 5) is 17.6. The second kappa shape index (κ2) is 4.17. The average Bonchev–Trinajstić information content (AvgIpc) is 2.53. The number of anilines is 1. The molecular formula is C8H8IN3O3S. The molecule has 0 saturated heterocycles. The van der Waals surface area contributed by atoms with Crippen molar-refractivity contribution in [3.8, 4) is 0 Å². The first-order valence-corrected chi connectivity index (χ1v) is 7.18. The Morgan fingerprint density at radius 1 is 1.56 bits per heavy atom. The first kappa shape index (κ1) is 11.6. The molecule has 2 rings (SSSR count). The summed E-state index contributed by atoms with van der Waals surface area (Å²) in [5.41, 5.74) is -0.247. The summed E-state index contributed by atoms with van der Waals surface area (Å²) < 4.78 is 22.7. The lowest BCUT2D eigenvalue weighted by molar-refractivity contribution is 0.605. The van der Waals surface area contributed by atoms with Crippen LogP contribution in [-0.2, 0) is 9.84 Å². The highest BCUT2D eigenvalue weighted by atomic mass is 127. The average molecular weight is 353 g/mol. The van der Waals surface area contributed by atoms with Gasteiger partial charge in [0.15, 0.2) is 9.84 Å². The summed E-state index contributed by atoms with van der Waals surface area (Å²) >= 11 is 1.86. The zero-order chi connectivity index (χ0) is 11.8. The number of rotatable bonds is 2. The predicted octanol–water partition coefficient (Wildman–Crippen LogP) is 0.0971. The van der Waals surface area contributed by atoms with Crippen LogP contribution >= 0.6 is 22.6 Å². The minimum Gasteiger partial charge on any atom is -0.362 e. The van der Waals surface area contributed by atoms with Crippen LogP contribution in [0.5, 0.6) is 0 Å². The molecule has 0 aromatic carbocycles. The van der Waals surface area contributed by atoms with Gasteiger partial charge in [-0.05, 0) is 28.7 Å². The van der Waals surface area contributed by atoms with E-state index in [1.165, 1.54) is 11.7 Å². The van der Waals surface area contributed by atoms with Crippen molar-refractivity contribution >= 4 is 38.2 Å². The van der Waals surface area contributed by atoms with E-state index < -0.39 is 9.84 Å². The molecule has 0 fully saturated rings. The van der Waals surface area contributed by atoms with E-state index in [9.17, 15) is 13.2 Å². The molecule has 1 unspecified atom stereocenters. The highest BCUT2D eigenvalue weighted by molar-refractivity contribution is 14.1. The molecule has 0 bridgehead atoms. The summed E-state index contributed by atoms with van der Waals surface area (Å²) in [5, 5.41) is 4.07. The summed E-state index contributed by atoms with van der Waals surface area (Å²) in [6.07, 6.45) is 2.83. The fourth-order valence-electron chi connectivity index (χ4n) is 1.32. The van der Waals surface area contributed by atoms with Crippen molar-refractivity contribution in [2.45, 2.75) is 6.04 Å². The molecule has 1 aliphatic rings. The Morgan fingerprint density at radius 2 is 2.31 bits per heavy atom. The Labute approximate surface area is 105 Å². The van der Waals surface area contributed by atoms with Gasteiger partial charge in [-0.25, -0.2) is 13.4 Å². The summed E-state index contributed by atoms with van der Waals surface area (Å²) in [7, 11) is -3.10. The normalized spacial score (nSPS) is 22.2. The van der Waals surface area contributed by atoms with Crippen molar-refractivity contribution in [2.24, 2.45) is 0 Å². The van der Waals surface area contributed by atoms with Gasteiger partial charge in [-0.2, -0.15) is 0 Å². The van der Waals surface area contributed by atoms with Crippen molar-refractivity contribution in [2.75, 3.05) is 11.1 Å². The summed E-state index contributed by atoms with van der Waals surface area (Å²) in [5.74, 6) is 0.397. The molecule has 86 valence electrons. The van der Waals surface area contributed by atoms with Crippen LogP contribution in [0.2, 0.25) is 0 Å². The van der Waals surface area contributed by atoms with Gasteiger partial charge in [-0.15, -0.1) is 0 Å². The van der Waals surface area contributed by atoms with E-state index in [1.54, 1.807) is 6.08 Å². The van der Waals surface area contributed by atoms with E-state index in [1.807, 2.05) is 22.6 Å². The van der Waals surface area contributed by atoms with E-state index in [0.29, 0.717) is 9.39 Å². The van der Waals surface area contributed by atoms with E-state index in [2.05, 4.69) is 15.3 Å². The zero-order valence-corrected chi connectivity index (χ0v) is 10.9. The Hall–Kier alpha value is -0.900. The maximum absolute atomic E-state index is 11.3. The molecule has 1 aromatic heterocycles. The zero-order valence-electron chi connectivity index (χ0n) is 7.97. The van der Waals surface area contributed by atoms with Gasteiger partial charge in [0.25, 0.3) is 5.56 Å². The maximum Gasteiger partial charge on any atom is 0.266 e. The minimum absolute atomic E-state index is 0.00242. The van der Waals surface area contributed by atoms with Crippen LogP contribution in [0.3, 0.4) is 0 Å². The van der Waals surface area contributed by atoms with Crippen molar-refractivity contribution < 1.29 is 8.42 Å². The third kappa shape index (κ3) is 2.43. The molecule has 1 aromatic rings. The number of hydrogen-bond acceptors (Lipinski definition) is 5. The molecule has 1 aliphatic heterocycles. The number of H-pyrrole nitrogens is 1. The largest absolute Gasteiger partial charge is 0.362 e. The van der Waals surface area contributed by atoms with Crippen LogP contribution < -0.4 is 10.9 Å². The molecule has 1 atom stereocenters. The van der Waals surface area contributed by atoms with Crippen LogP contribution in [0.4, 0.5) is 5.82 Å². The topological polar surface area (TPSA) is 91.9 Å². The monoisotopic (exact) mass is 353 g/mol. The van der Waals surface area contributed by atoms with Crippen molar-refractivity contribution in [1.82, 2.24) is 9.97 Å². The van der Waals surface area contributed by atoms with Gasteiger partial charge in [0.1, 0.15) is 9.39 Å². The molecule has 2 heterocycles. The van der Waals surface area contributed by atoms with Gasteiger partial charge in [0.05, 0.1) is 18.1 Å². The Kier molecular flexibility index (Phi) is 3.02. The quantitative estimate of drug-likeness (QED) is 0.736. The molecule has 0 radical (unpaired) electrons. The molecule has 0 aliphatic carbocycles. The first-order chi connectivity index (χ1) is 7.48. The van der Waals surface area contributed by atoms with Gasteiger partial charge >= 0.3 is 0 Å². The molecule has 6 nitrogen and oxygen atoms in total. The number of halogens is 1. The molecular weight excluding hydrogens is 345 g/mol. The van der Waals surface area contributed by atoms with E-state index in [4.69, 9.17) is 0 Å². The van der Waals surface area contributed by atoms with Gasteiger partial charge in [0.2, 0.25) is 0 Å². The highest BCUT2D eigenvalue weighted by Crippen LogP contribution is 2.15. The smallest absolute Gasteiger partial charge is 0.266 e. The fourth-order valence-corrected chi connectivity index (χ4v) is 3.01. The molecule has 2 N–H and O–H groups in total. The van der Waals surface area contributed by atoms with E-state index in [-0.39, 0.29) is 17.4 Å². The number of sulfone groups is 1. The van der Waals surface area contributed by atoms with Crippen LogP contribution in [0.15, 0.2) is 22.6 Å². The molecule has 0 saturated carbocycles. The first-order valence-electron chi connectivity index (χ1n) is 4.38. The standard InChI is InChI=1S/C8H8IN3O3S/c9-6-7(10-4-11-8(6)13)12-5-1-2-16(14,15)3-5/h1-2,4-5H,3H2,(H2,10,11,12,13). The SMILES string of the molecule is O=c1[nH]cnc(NC2C=CS(=O)(=O)C2)c1I. The lowest BCUT2D eigenvalue weighted by atomic mass is 10.3. The number of nitrogens with one attached hydrogen (secondary N) is 2. The number of nitrogens with zero attached hydrogens (tertiary/aromatic N) is 1. The third-order valence-electron chi connectivity index (χ3n) is 2.05. The highest BCUT2D eigenvalue weighted by Gasteiger charge is 2.22. The van der Waals surface area contributed by atoms with Crippen LogP contribution in [0, 0.1) is 3.57 Å². The maximum atomic E-state index is 11.3. The minimum atomic E-state index is -3.10. The summed E-state index contributed by atoms with van der Waals surface area (Å²) in [6.45, 7) is 0. The van der Waals surface area contributed by atoms with Crippen molar-refractivity contribution in [1.29, 1.82) is 0 Å². The van der Waals surface area contributed by atoms with Crippen LogP contribution in [0.25, 0.3) is 0 Å². The number of aromatic nitrogens is 2. The number of hydrogen-bond donors (Lipinski definition) is 2. The Balaban J connectivity index is 2.21. The van der Waals surface area contributed by atoms with E-state index >= 15 is 0 Å². The van der Waals surface area contributed by atoms with Crippen molar-refractivity contribution in [3.63, 3.8) is 0 Å². The lowest BCUT2D eigenvalue weighted by Gasteiger charge is -2.10. The molecule has 16 heavy (non-hydrogen) atoms. The van der Waals surface area contributed by atoms with Gasteiger partial charge in [-0.1, -0.05) is 0 Å². The number of aromatic amines is 1. The molecule has 8 heteroatoms. The van der Waals surface area contributed by atoms with Crippen LogP contribution in [-0.4, -0.2) is 30.2 Å². The Bertz CT molecular complexity index is 593. The lowest BCUT2D eigenvalue weighted by Crippen LogP contribution is -2.24. The van der Waals surface area contributed by atoms with E-state index in [0.717, 1.165) is 0 Å². The second-order valence-corrected chi connectivity index (χ2v) is 6.31. The Morgan fingerprint density at radius 3 is 2.94 bits per heavy atom. The van der Waals surface area contributed by atoms with Crippen LogP contribution in [0.1, 0.15) is 0 Å². The predicted molar refractivity (Wildman–Crippen MR) is 67.9 cm³/mol.